The summed E-state index contributed by atoms with van der Waals surface area (Å²) in [5.74, 6) is 1.22. The zero-order chi connectivity index (χ0) is 16.1. The molecule has 0 spiro atoms. The van der Waals surface area contributed by atoms with Crippen molar-refractivity contribution in [2.75, 3.05) is 14.2 Å². The summed E-state index contributed by atoms with van der Waals surface area (Å²) in [6.45, 7) is 4.10. The van der Waals surface area contributed by atoms with Gasteiger partial charge < -0.3 is 9.47 Å². The highest BCUT2D eigenvalue weighted by Crippen LogP contribution is 2.31. The first-order chi connectivity index (χ1) is 10.6. The maximum absolute atomic E-state index is 9.58. The summed E-state index contributed by atoms with van der Waals surface area (Å²) >= 11 is 0. The van der Waals surface area contributed by atoms with E-state index >= 15 is 0 Å². The van der Waals surface area contributed by atoms with Crippen molar-refractivity contribution in [3.05, 3.63) is 58.7 Å². The first-order valence-corrected chi connectivity index (χ1v) is 7.26. The summed E-state index contributed by atoms with van der Waals surface area (Å²) in [5.41, 5.74) is 4.48. The molecular formula is C19H21NO2. The number of nitrogens with zero attached hydrogens (tertiary/aromatic N) is 1. The van der Waals surface area contributed by atoms with E-state index in [0.717, 1.165) is 16.7 Å². The van der Waals surface area contributed by atoms with Crippen molar-refractivity contribution < 1.29 is 9.47 Å². The molecule has 2 aromatic rings. The molecule has 0 aliphatic carbocycles. The van der Waals surface area contributed by atoms with E-state index in [1.165, 1.54) is 5.56 Å². The summed E-state index contributed by atoms with van der Waals surface area (Å²) in [6.07, 6.45) is 0.654. The number of ether oxygens (including phenoxy) is 2. The predicted molar refractivity (Wildman–Crippen MR) is 87.5 cm³/mol. The molecule has 2 rings (SSSR count). The molecule has 0 amide bonds. The van der Waals surface area contributed by atoms with Gasteiger partial charge in [-0.1, -0.05) is 29.8 Å². The van der Waals surface area contributed by atoms with Gasteiger partial charge in [0.15, 0.2) is 11.5 Å². The third-order valence-electron chi connectivity index (χ3n) is 3.85. The average Bonchev–Trinajstić information content (AvgIpc) is 2.54. The van der Waals surface area contributed by atoms with Gasteiger partial charge in [-0.05, 0) is 49.1 Å². The SMILES string of the molecule is COc1ccc(CC(C#N)c2cc(C)ccc2C)cc1OC. The maximum Gasteiger partial charge on any atom is 0.160 e. The lowest BCUT2D eigenvalue weighted by Gasteiger charge is -2.15. The first-order valence-electron chi connectivity index (χ1n) is 7.26. The monoisotopic (exact) mass is 295 g/mol. The van der Waals surface area contributed by atoms with Gasteiger partial charge in [0.05, 0.1) is 26.2 Å². The summed E-state index contributed by atoms with van der Waals surface area (Å²) in [7, 11) is 3.24. The predicted octanol–water partition coefficient (Wildman–Crippen LogP) is 4.17. The lowest BCUT2D eigenvalue weighted by molar-refractivity contribution is 0.354. The van der Waals surface area contributed by atoms with Crippen molar-refractivity contribution in [1.82, 2.24) is 0 Å². The van der Waals surface area contributed by atoms with E-state index in [4.69, 9.17) is 9.47 Å². The van der Waals surface area contributed by atoms with Crippen LogP contribution >= 0.6 is 0 Å². The number of methoxy groups -OCH3 is 2. The molecule has 3 nitrogen and oxygen atoms in total. The standard InChI is InChI=1S/C19H21NO2/c1-13-5-6-14(2)17(9-13)16(12-20)10-15-7-8-18(21-3)19(11-15)22-4/h5-9,11,16H,10H2,1-4H3. The fourth-order valence-electron chi connectivity index (χ4n) is 2.60. The fraction of sp³-hybridized carbons (Fsp3) is 0.316. The smallest absolute Gasteiger partial charge is 0.160 e. The van der Waals surface area contributed by atoms with Crippen molar-refractivity contribution in [3.8, 4) is 17.6 Å². The first kappa shape index (κ1) is 15.9. The summed E-state index contributed by atoms with van der Waals surface area (Å²) in [6, 6.07) is 14.5. The highest BCUT2D eigenvalue weighted by molar-refractivity contribution is 5.44. The largest absolute Gasteiger partial charge is 0.493 e. The molecule has 0 saturated heterocycles. The Bertz CT molecular complexity index is 701. The minimum atomic E-state index is -0.169. The number of hydrogen-bond acceptors (Lipinski definition) is 3. The zero-order valence-electron chi connectivity index (χ0n) is 13.5. The molecule has 0 aromatic heterocycles. The Morgan fingerprint density at radius 1 is 1.00 bits per heavy atom. The summed E-state index contributed by atoms with van der Waals surface area (Å²) < 4.78 is 10.6. The Labute approximate surface area is 132 Å². The van der Waals surface area contributed by atoms with Crippen LogP contribution in [0.5, 0.6) is 11.5 Å². The second kappa shape index (κ2) is 7.00. The molecule has 3 heteroatoms. The Kier molecular flexibility index (Phi) is 5.06. The fourth-order valence-corrected chi connectivity index (χ4v) is 2.60. The quantitative estimate of drug-likeness (QED) is 0.831. The van der Waals surface area contributed by atoms with E-state index in [1.807, 2.05) is 32.0 Å². The molecule has 0 fully saturated rings. The number of rotatable bonds is 5. The van der Waals surface area contributed by atoms with Crippen molar-refractivity contribution >= 4 is 0 Å². The third kappa shape index (κ3) is 3.40. The molecule has 0 bridgehead atoms. The van der Waals surface area contributed by atoms with Crippen molar-refractivity contribution in [1.29, 1.82) is 5.26 Å². The minimum absolute atomic E-state index is 0.169. The van der Waals surface area contributed by atoms with Crippen molar-refractivity contribution in [3.63, 3.8) is 0 Å². The van der Waals surface area contributed by atoms with Gasteiger partial charge in [-0.3, -0.25) is 0 Å². The highest BCUT2D eigenvalue weighted by atomic mass is 16.5. The maximum atomic E-state index is 9.58. The minimum Gasteiger partial charge on any atom is -0.493 e. The van der Waals surface area contributed by atoms with Gasteiger partial charge in [-0.2, -0.15) is 5.26 Å². The van der Waals surface area contributed by atoms with E-state index in [9.17, 15) is 5.26 Å². The molecule has 1 atom stereocenters. The summed E-state index contributed by atoms with van der Waals surface area (Å²) in [4.78, 5) is 0. The van der Waals surface area contributed by atoms with Crippen LogP contribution in [0.2, 0.25) is 0 Å². The van der Waals surface area contributed by atoms with Crippen LogP contribution in [0.1, 0.15) is 28.2 Å². The highest BCUT2D eigenvalue weighted by Gasteiger charge is 2.15. The lowest BCUT2D eigenvalue weighted by Crippen LogP contribution is -2.04. The second-order valence-corrected chi connectivity index (χ2v) is 5.44. The van der Waals surface area contributed by atoms with E-state index in [-0.39, 0.29) is 5.92 Å². The van der Waals surface area contributed by atoms with Crippen LogP contribution in [0.25, 0.3) is 0 Å². The van der Waals surface area contributed by atoms with E-state index in [1.54, 1.807) is 14.2 Å². The topological polar surface area (TPSA) is 42.2 Å². The van der Waals surface area contributed by atoms with Crippen LogP contribution in [-0.2, 0) is 6.42 Å². The Morgan fingerprint density at radius 2 is 1.73 bits per heavy atom. The average molecular weight is 295 g/mol. The van der Waals surface area contributed by atoms with Crippen molar-refractivity contribution in [2.45, 2.75) is 26.2 Å². The van der Waals surface area contributed by atoms with Crippen LogP contribution in [0, 0.1) is 25.2 Å². The molecule has 0 heterocycles. The van der Waals surface area contributed by atoms with Gasteiger partial charge in [0, 0.05) is 0 Å². The third-order valence-corrected chi connectivity index (χ3v) is 3.85. The lowest BCUT2D eigenvalue weighted by atomic mass is 9.89. The molecule has 0 radical (unpaired) electrons. The van der Waals surface area contributed by atoms with E-state index < -0.39 is 0 Å². The van der Waals surface area contributed by atoms with Crippen LogP contribution < -0.4 is 9.47 Å². The van der Waals surface area contributed by atoms with Gasteiger partial charge in [-0.25, -0.2) is 0 Å². The molecule has 0 saturated carbocycles. The molecule has 0 N–H and O–H groups in total. The normalized spacial score (nSPS) is 11.6. The molecule has 2 aromatic carbocycles. The number of hydrogen-bond donors (Lipinski definition) is 0. The Hall–Kier alpha value is -2.47. The van der Waals surface area contributed by atoms with Gasteiger partial charge >= 0.3 is 0 Å². The van der Waals surface area contributed by atoms with Crippen LogP contribution in [0.3, 0.4) is 0 Å². The molecular weight excluding hydrogens is 274 g/mol. The Morgan fingerprint density at radius 3 is 2.36 bits per heavy atom. The zero-order valence-corrected chi connectivity index (χ0v) is 13.5. The summed E-state index contributed by atoms with van der Waals surface area (Å²) in [5, 5.41) is 9.58. The van der Waals surface area contributed by atoms with Crippen LogP contribution in [0.15, 0.2) is 36.4 Å². The molecule has 0 aliphatic heterocycles. The number of aryl methyl sites for hydroxylation is 2. The molecule has 0 aliphatic rings. The van der Waals surface area contributed by atoms with Gasteiger partial charge in [-0.15, -0.1) is 0 Å². The molecule has 114 valence electrons. The molecule has 1 unspecified atom stereocenters. The number of nitriles is 1. The van der Waals surface area contributed by atoms with Crippen LogP contribution in [0.4, 0.5) is 0 Å². The van der Waals surface area contributed by atoms with Crippen molar-refractivity contribution in [2.24, 2.45) is 0 Å². The molecule has 22 heavy (non-hydrogen) atoms. The second-order valence-electron chi connectivity index (χ2n) is 5.44. The van der Waals surface area contributed by atoms with Gasteiger partial charge in [0.1, 0.15) is 0 Å². The van der Waals surface area contributed by atoms with E-state index in [2.05, 4.69) is 24.3 Å². The van der Waals surface area contributed by atoms with E-state index in [0.29, 0.717) is 17.9 Å². The van der Waals surface area contributed by atoms with Crippen LogP contribution in [-0.4, -0.2) is 14.2 Å². The Balaban J connectivity index is 2.31. The van der Waals surface area contributed by atoms with Gasteiger partial charge in [0.2, 0.25) is 0 Å². The number of benzene rings is 2. The van der Waals surface area contributed by atoms with Gasteiger partial charge in [0.25, 0.3) is 0 Å².